The van der Waals surface area contributed by atoms with Crippen LogP contribution in [0.5, 0.6) is 5.75 Å². The molecule has 2 saturated carbocycles. The Morgan fingerprint density at radius 3 is 2.66 bits per heavy atom. The van der Waals surface area contributed by atoms with Gasteiger partial charge in [0.05, 0.1) is 13.5 Å². The topological polar surface area (TPSA) is 124 Å². The summed E-state index contributed by atoms with van der Waals surface area (Å²) in [5.74, 6) is 6.82. The molecule has 1 aromatic carbocycles. The number of fused-ring (bicyclic) bond motifs is 3. The number of anilines is 1. The van der Waals surface area contributed by atoms with Gasteiger partial charge in [0.2, 0.25) is 0 Å². The highest BCUT2D eigenvalue weighted by atomic mass is 16.5. The number of aromatic nitrogens is 4. The van der Waals surface area contributed by atoms with Gasteiger partial charge in [-0.1, -0.05) is 12.0 Å². The molecule has 0 aliphatic heterocycles. The highest BCUT2D eigenvalue weighted by Gasteiger charge is 2.57. The van der Waals surface area contributed by atoms with E-state index in [1.807, 2.05) is 35.7 Å². The van der Waals surface area contributed by atoms with E-state index in [9.17, 15) is 9.59 Å². The number of benzene rings is 1. The van der Waals surface area contributed by atoms with Gasteiger partial charge in [-0.05, 0) is 81.7 Å². The highest BCUT2D eigenvalue weighted by molar-refractivity contribution is 5.99. The maximum Gasteiger partial charge on any atom is 0.296 e. The number of hydrogen-bond donors (Lipinski definition) is 2. The number of nitrogen functional groups attached to an aromatic ring is 1. The number of ketones is 1. The van der Waals surface area contributed by atoms with Crippen LogP contribution in [0.1, 0.15) is 66.5 Å². The Balaban J connectivity index is 1.38. The quantitative estimate of drug-likeness (QED) is 0.262. The first-order valence-corrected chi connectivity index (χ1v) is 13.8. The minimum absolute atomic E-state index is 0.0496. The summed E-state index contributed by atoms with van der Waals surface area (Å²) in [4.78, 5) is 39.4. The van der Waals surface area contributed by atoms with Crippen molar-refractivity contribution in [3.8, 4) is 28.8 Å². The van der Waals surface area contributed by atoms with Gasteiger partial charge in [-0.15, -0.1) is 0 Å². The number of amides is 1. The van der Waals surface area contributed by atoms with Crippen LogP contribution in [0.4, 0.5) is 5.82 Å². The third-order valence-corrected chi connectivity index (χ3v) is 8.61. The first-order valence-electron chi connectivity index (χ1n) is 13.8. The predicted molar refractivity (Wildman–Crippen MR) is 155 cm³/mol. The van der Waals surface area contributed by atoms with E-state index in [0.29, 0.717) is 28.3 Å². The van der Waals surface area contributed by atoms with Gasteiger partial charge in [0.25, 0.3) is 5.91 Å². The Morgan fingerprint density at radius 2 is 1.93 bits per heavy atom. The van der Waals surface area contributed by atoms with Crippen LogP contribution >= 0.6 is 0 Å². The van der Waals surface area contributed by atoms with E-state index in [0.717, 1.165) is 54.7 Å². The summed E-state index contributed by atoms with van der Waals surface area (Å²) in [5, 5.41) is 3.19. The molecule has 0 spiro atoms. The lowest BCUT2D eigenvalue weighted by molar-refractivity contribution is -0.117. The summed E-state index contributed by atoms with van der Waals surface area (Å²) in [5.41, 5.74) is 10.3. The number of hydrogen-bond acceptors (Lipinski definition) is 7. The first-order chi connectivity index (χ1) is 19.8. The van der Waals surface area contributed by atoms with Crippen molar-refractivity contribution in [3.05, 3.63) is 71.6 Å². The number of pyridine rings is 1. The van der Waals surface area contributed by atoms with Crippen molar-refractivity contribution in [1.82, 2.24) is 24.7 Å². The summed E-state index contributed by atoms with van der Waals surface area (Å²) in [6.45, 7) is 3.64. The number of ether oxygens (including phenoxy) is 1. The van der Waals surface area contributed by atoms with E-state index in [1.165, 1.54) is 0 Å². The molecule has 2 aliphatic carbocycles. The lowest BCUT2D eigenvalue weighted by Gasteiger charge is -2.27. The second-order valence-electron chi connectivity index (χ2n) is 11.2. The molecular weight excluding hydrogens is 516 g/mol. The van der Waals surface area contributed by atoms with E-state index in [2.05, 4.69) is 27.1 Å². The number of nitrogens with one attached hydrogen (secondary N) is 1. The summed E-state index contributed by atoms with van der Waals surface area (Å²) in [6.07, 6.45) is 9.80. The van der Waals surface area contributed by atoms with Crippen molar-refractivity contribution < 1.29 is 14.3 Å². The number of carbonyl (C=O) groups is 2. The van der Waals surface area contributed by atoms with Gasteiger partial charge in [0, 0.05) is 46.4 Å². The average Bonchev–Trinajstić information content (AvgIpc) is 3.64. The molecule has 9 heteroatoms. The van der Waals surface area contributed by atoms with Crippen molar-refractivity contribution in [2.75, 3.05) is 12.8 Å². The van der Waals surface area contributed by atoms with Crippen LogP contribution in [0, 0.1) is 18.8 Å². The van der Waals surface area contributed by atoms with Crippen LogP contribution in [-0.4, -0.2) is 43.7 Å². The Bertz CT molecular complexity index is 1750. The minimum atomic E-state index is -0.280. The van der Waals surface area contributed by atoms with Gasteiger partial charge in [-0.2, -0.15) is 0 Å². The van der Waals surface area contributed by atoms with E-state index < -0.39 is 0 Å². The third-order valence-electron chi connectivity index (χ3n) is 8.61. The Hall–Kier alpha value is -4.71. The summed E-state index contributed by atoms with van der Waals surface area (Å²) < 4.78 is 7.82. The molecule has 2 fully saturated rings. The van der Waals surface area contributed by atoms with Crippen LogP contribution < -0.4 is 15.8 Å². The van der Waals surface area contributed by atoms with Crippen LogP contribution in [0.3, 0.4) is 0 Å². The molecule has 3 heterocycles. The molecular formula is C32H32N6O3. The minimum Gasteiger partial charge on any atom is -0.496 e. The van der Waals surface area contributed by atoms with E-state index in [-0.39, 0.29) is 29.1 Å². The lowest BCUT2D eigenvalue weighted by atomic mass is 9.83. The van der Waals surface area contributed by atoms with E-state index >= 15 is 0 Å². The zero-order chi connectivity index (χ0) is 28.8. The second-order valence-corrected chi connectivity index (χ2v) is 11.2. The molecule has 1 amide bonds. The number of imidazole rings is 1. The number of Topliss-reactive ketones (excluding diaryl/α,β-unsaturated/α-hetero) is 1. The van der Waals surface area contributed by atoms with Gasteiger partial charge in [0.15, 0.2) is 5.78 Å². The molecule has 41 heavy (non-hydrogen) atoms. The Morgan fingerprint density at radius 1 is 1.12 bits per heavy atom. The van der Waals surface area contributed by atoms with Crippen LogP contribution in [0.2, 0.25) is 0 Å². The van der Waals surface area contributed by atoms with E-state index in [4.69, 9.17) is 15.5 Å². The van der Waals surface area contributed by atoms with Crippen molar-refractivity contribution in [2.24, 2.45) is 0 Å². The molecule has 0 radical (unpaired) electrons. The maximum atomic E-state index is 13.1. The molecule has 3 N–H and O–H groups in total. The van der Waals surface area contributed by atoms with Gasteiger partial charge in [-0.3, -0.25) is 19.0 Å². The molecule has 208 valence electrons. The Labute approximate surface area is 238 Å². The lowest BCUT2D eigenvalue weighted by Crippen LogP contribution is -2.44. The number of methoxy groups -OCH3 is 1. The van der Waals surface area contributed by atoms with Crippen LogP contribution in [-0.2, 0) is 16.6 Å². The normalized spacial score (nSPS) is 21.0. The fourth-order valence-electron chi connectivity index (χ4n) is 6.71. The van der Waals surface area contributed by atoms with Gasteiger partial charge in [0.1, 0.15) is 28.6 Å². The number of nitrogens with zero attached hydrogens (tertiary/aromatic N) is 4. The summed E-state index contributed by atoms with van der Waals surface area (Å²) >= 11 is 0. The zero-order valence-electron chi connectivity index (χ0n) is 23.5. The summed E-state index contributed by atoms with van der Waals surface area (Å²) in [7, 11) is 1.58. The fourth-order valence-corrected chi connectivity index (χ4v) is 6.71. The molecule has 6 rings (SSSR count). The largest absolute Gasteiger partial charge is 0.496 e. The molecule has 4 aromatic rings. The first kappa shape index (κ1) is 26.5. The smallest absolute Gasteiger partial charge is 0.296 e. The SMILES string of the molecule is CC#CC(=O)NC12CCC(c3nc(-c4ccc(C(=O)Cc5cc(C)ccn5)cc4OC)c4c(N)nccn34)(CC1)C2. The van der Waals surface area contributed by atoms with Crippen LogP contribution in [0.15, 0.2) is 48.9 Å². The highest BCUT2D eigenvalue weighted by Crippen LogP contribution is 2.57. The average molecular weight is 549 g/mol. The standard InChI is InChI=1S/C32H32N6O3/c1-4-5-26(40)37-32-11-9-31(19-32,10-12-32)30-36-27(28-29(33)35-14-15-38(28)30)23-7-6-21(17-25(23)41-3)24(39)18-22-16-20(2)8-13-34-22/h6-8,13-17H,9-12,18-19H2,1-3H3,(H2,33,35)(H,37,40). The molecule has 0 saturated heterocycles. The monoisotopic (exact) mass is 548 g/mol. The summed E-state index contributed by atoms with van der Waals surface area (Å²) in [6, 6.07) is 9.24. The van der Waals surface area contributed by atoms with Gasteiger partial charge < -0.3 is 15.8 Å². The number of rotatable bonds is 7. The predicted octanol–water partition coefficient (Wildman–Crippen LogP) is 4.21. The number of nitrogens with two attached hydrogens (primary N) is 1. The van der Waals surface area contributed by atoms with Crippen LogP contribution in [0.25, 0.3) is 16.8 Å². The second kappa shape index (κ2) is 10.0. The molecule has 0 atom stereocenters. The molecule has 3 aromatic heterocycles. The number of carbonyl (C=O) groups excluding carboxylic acids is 2. The van der Waals surface area contributed by atoms with Crippen molar-refractivity contribution in [3.63, 3.8) is 0 Å². The Kier molecular flexibility index (Phi) is 6.49. The molecule has 2 bridgehead atoms. The van der Waals surface area contributed by atoms with Gasteiger partial charge in [-0.25, -0.2) is 9.97 Å². The maximum absolute atomic E-state index is 13.1. The molecule has 0 unspecified atom stereocenters. The molecule has 9 nitrogen and oxygen atoms in total. The van der Waals surface area contributed by atoms with Gasteiger partial charge >= 0.3 is 0 Å². The third kappa shape index (κ3) is 4.59. The zero-order valence-corrected chi connectivity index (χ0v) is 23.5. The molecule has 2 aliphatic rings. The van der Waals surface area contributed by atoms with Crippen molar-refractivity contribution >= 4 is 23.0 Å². The van der Waals surface area contributed by atoms with Crippen molar-refractivity contribution in [2.45, 2.75) is 63.3 Å². The van der Waals surface area contributed by atoms with E-state index in [1.54, 1.807) is 38.6 Å². The fraction of sp³-hybridized carbons (Fsp3) is 0.344. The number of aryl methyl sites for hydroxylation is 1. The van der Waals surface area contributed by atoms with Crippen molar-refractivity contribution in [1.29, 1.82) is 0 Å².